The highest BCUT2D eigenvalue weighted by Crippen LogP contribution is 2.53. The standard InChI is InChI=1S/C17H30O6/c1-6-7-10-13(18)19-11-8-9-12(16(2,3)14-20-21-14)17(4,5)15-22-23-15/h12,14-15H,6-11H2,1-5H3. The second kappa shape index (κ2) is 7.47. The zero-order chi connectivity index (χ0) is 17.1. The van der Waals surface area contributed by atoms with Crippen molar-refractivity contribution in [3.8, 4) is 0 Å². The van der Waals surface area contributed by atoms with Gasteiger partial charge in [-0.2, -0.15) is 19.6 Å². The lowest BCUT2D eigenvalue weighted by Crippen LogP contribution is -2.42. The van der Waals surface area contributed by atoms with E-state index in [0.29, 0.717) is 13.0 Å². The summed E-state index contributed by atoms with van der Waals surface area (Å²) >= 11 is 0. The van der Waals surface area contributed by atoms with E-state index in [9.17, 15) is 4.79 Å². The Hall–Kier alpha value is -0.690. The molecule has 0 aliphatic carbocycles. The van der Waals surface area contributed by atoms with Gasteiger partial charge in [-0.3, -0.25) is 4.79 Å². The number of hydrogen-bond donors (Lipinski definition) is 0. The molecule has 0 bridgehead atoms. The van der Waals surface area contributed by atoms with Crippen molar-refractivity contribution in [2.75, 3.05) is 6.61 Å². The van der Waals surface area contributed by atoms with Crippen LogP contribution in [-0.2, 0) is 29.1 Å². The van der Waals surface area contributed by atoms with Crippen LogP contribution in [0.1, 0.15) is 66.7 Å². The molecule has 6 heteroatoms. The lowest BCUT2D eigenvalue weighted by Gasteiger charge is -2.41. The molecule has 0 spiro atoms. The number of esters is 1. The topological polar surface area (TPSA) is 76.4 Å². The van der Waals surface area contributed by atoms with Gasteiger partial charge in [0.25, 0.3) is 0 Å². The van der Waals surface area contributed by atoms with Gasteiger partial charge in [-0.05, 0) is 25.2 Å². The van der Waals surface area contributed by atoms with Crippen LogP contribution in [0.25, 0.3) is 0 Å². The van der Waals surface area contributed by atoms with Crippen LogP contribution in [-0.4, -0.2) is 25.2 Å². The molecule has 0 unspecified atom stereocenters. The average Bonchev–Trinajstić information content (AvgIpc) is 3.34. The van der Waals surface area contributed by atoms with Gasteiger partial charge >= 0.3 is 5.97 Å². The number of carbonyl (C=O) groups is 1. The first-order valence-electron chi connectivity index (χ1n) is 8.60. The molecule has 0 aromatic carbocycles. The van der Waals surface area contributed by atoms with Gasteiger partial charge in [-0.25, -0.2) is 0 Å². The fourth-order valence-corrected chi connectivity index (χ4v) is 3.45. The number of carbonyl (C=O) groups excluding carboxylic acids is 1. The van der Waals surface area contributed by atoms with Gasteiger partial charge in [-0.15, -0.1) is 0 Å². The first-order chi connectivity index (χ1) is 10.8. The van der Waals surface area contributed by atoms with Crippen LogP contribution in [0.3, 0.4) is 0 Å². The first-order valence-corrected chi connectivity index (χ1v) is 8.60. The molecule has 0 saturated carbocycles. The molecular formula is C17H30O6. The highest BCUT2D eigenvalue weighted by Gasteiger charge is 2.58. The minimum atomic E-state index is -0.197. The van der Waals surface area contributed by atoms with Crippen LogP contribution in [0.15, 0.2) is 0 Å². The summed E-state index contributed by atoms with van der Waals surface area (Å²) in [6, 6.07) is 0. The summed E-state index contributed by atoms with van der Waals surface area (Å²) in [5.41, 5.74) is -0.351. The highest BCUT2D eigenvalue weighted by molar-refractivity contribution is 5.69. The molecule has 2 heterocycles. The van der Waals surface area contributed by atoms with Gasteiger partial charge in [-0.1, -0.05) is 41.0 Å². The fraction of sp³-hybridized carbons (Fsp3) is 0.941. The lowest BCUT2D eigenvalue weighted by atomic mass is 9.62. The molecule has 2 saturated heterocycles. The molecular weight excluding hydrogens is 300 g/mol. The zero-order valence-electron chi connectivity index (χ0n) is 14.9. The van der Waals surface area contributed by atoms with Gasteiger partial charge in [0.1, 0.15) is 0 Å². The maximum absolute atomic E-state index is 11.6. The second-order valence-corrected chi connectivity index (χ2v) is 7.71. The molecule has 2 fully saturated rings. The van der Waals surface area contributed by atoms with Crippen LogP contribution < -0.4 is 0 Å². The molecule has 0 radical (unpaired) electrons. The van der Waals surface area contributed by atoms with E-state index in [1.807, 2.05) is 0 Å². The molecule has 2 rings (SSSR count). The van der Waals surface area contributed by atoms with Crippen molar-refractivity contribution in [1.29, 1.82) is 0 Å². The SMILES string of the molecule is CCCCC(=O)OCCCC(C(C)(C)C1OO1)C(C)(C)C1OO1. The van der Waals surface area contributed by atoms with Gasteiger partial charge < -0.3 is 4.74 Å². The van der Waals surface area contributed by atoms with E-state index >= 15 is 0 Å². The first kappa shape index (κ1) is 18.6. The predicted octanol–water partition coefficient (Wildman–Crippen LogP) is 3.74. The Balaban J connectivity index is 1.84. The number of unbranched alkanes of at least 4 members (excludes halogenated alkanes) is 1. The molecule has 134 valence electrons. The van der Waals surface area contributed by atoms with E-state index in [0.717, 1.165) is 25.7 Å². The molecule has 0 aromatic heterocycles. The minimum absolute atomic E-state index is 0.107. The summed E-state index contributed by atoms with van der Waals surface area (Å²) in [6.07, 6.45) is 3.68. The minimum Gasteiger partial charge on any atom is -0.466 e. The molecule has 2 aliphatic rings. The molecule has 2 aliphatic heterocycles. The van der Waals surface area contributed by atoms with Crippen LogP contribution in [0.5, 0.6) is 0 Å². The van der Waals surface area contributed by atoms with Crippen molar-refractivity contribution in [3.63, 3.8) is 0 Å². The molecule has 0 aromatic rings. The van der Waals surface area contributed by atoms with Crippen molar-refractivity contribution in [2.24, 2.45) is 16.7 Å². The molecule has 0 N–H and O–H groups in total. The molecule has 6 nitrogen and oxygen atoms in total. The van der Waals surface area contributed by atoms with E-state index in [-0.39, 0.29) is 35.3 Å². The van der Waals surface area contributed by atoms with Crippen LogP contribution in [0, 0.1) is 16.7 Å². The summed E-state index contributed by atoms with van der Waals surface area (Å²) in [5, 5.41) is 0. The molecule has 23 heavy (non-hydrogen) atoms. The number of hydrogen-bond acceptors (Lipinski definition) is 6. The smallest absolute Gasteiger partial charge is 0.305 e. The normalized spacial score (nSPS) is 19.2. The lowest BCUT2D eigenvalue weighted by molar-refractivity contribution is -0.144. The monoisotopic (exact) mass is 330 g/mol. The Morgan fingerprint density at radius 3 is 1.96 bits per heavy atom. The van der Waals surface area contributed by atoms with E-state index in [1.54, 1.807) is 0 Å². The maximum Gasteiger partial charge on any atom is 0.305 e. The van der Waals surface area contributed by atoms with E-state index < -0.39 is 0 Å². The summed E-state index contributed by atoms with van der Waals surface area (Å²) in [7, 11) is 0. The highest BCUT2D eigenvalue weighted by atomic mass is 17.4. The second-order valence-electron chi connectivity index (χ2n) is 7.71. The van der Waals surface area contributed by atoms with Crippen molar-refractivity contribution in [3.05, 3.63) is 0 Å². The Kier molecular flexibility index (Phi) is 6.05. The fourth-order valence-electron chi connectivity index (χ4n) is 3.45. The zero-order valence-corrected chi connectivity index (χ0v) is 14.9. The van der Waals surface area contributed by atoms with Crippen LogP contribution in [0.2, 0.25) is 0 Å². The molecule has 0 amide bonds. The quantitative estimate of drug-likeness (QED) is 0.248. The molecule has 0 atom stereocenters. The van der Waals surface area contributed by atoms with Crippen molar-refractivity contribution < 1.29 is 29.1 Å². The number of ether oxygens (including phenoxy) is 1. The van der Waals surface area contributed by atoms with E-state index in [2.05, 4.69) is 34.6 Å². The third kappa shape index (κ3) is 4.89. The van der Waals surface area contributed by atoms with Crippen molar-refractivity contribution in [1.82, 2.24) is 0 Å². The van der Waals surface area contributed by atoms with Gasteiger partial charge in [0.15, 0.2) is 0 Å². The summed E-state index contributed by atoms with van der Waals surface area (Å²) in [5.74, 6) is 0.133. The van der Waals surface area contributed by atoms with Crippen LogP contribution >= 0.6 is 0 Å². The van der Waals surface area contributed by atoms with Crippen LogP contribution in [0.4, 0.5) is 0 Å². The maximum atomic E-state index is 11.6. The van der Waals surface area contributed by atoms with Gasteiger partial charge in [0.05, 0.1) is 6.61 Å². The largest absolute Gasteiger partial charge is 0.466 e. The van der Waals surface area contributed by atoms with E-state index in [4.69, 9.17) is 24.3 Å². The number of rotatable bonds is 11. The van der Waals surface area contributed by atoms with Crippen molar-refractivity contribution in [2.45, 2.75) is 79.3 Å². The average molecular weight is 330 g/mol. The summed E-state index contributed by atoms with van der Waals surface area (Å²) in [6.45, 7) is 11.0. The summed E-state index contributed by atoms with van der Waals surface area (Å²) < 4.78 is 5.31. The summed E-state index contributed by atoms with van der Waals surface area (Å²) in [4.78, 5) is 31.9. The Morgan fingerprint density at radius 2 is 1.52 bits per heavy atom. The third-order valence-electron chi connectivity index (χ3n) is 5.03. The van der Waals surface area contributed by atoms with Crippen molar-refractivity contribution >= 4 is 5.97 Å². The Labute approximate surface area is 138 Å². The van der Waals surface area contributed by atoms with Gasteiger partial charge in [0, 0.05) is 17.3 Å². The predicted molar refractivity (Wildman–Crippen MR) is 82.7 cm³/mol. The third-order valence-corrected chi connectivity index (χ3v) is 5.03. The van der Waals surface area contributed by atoms with Gasteiger partial charge in [0.2, 0.25) is 12.6 Å². The Morgan fingerprint density at radius 1 is 1.00 bits per heavy atom. The Bertz CT molecular complexity index is 374. The van der Waals surface area contributed by atoms with E-state index in [1.165, 1.54) is 0 Å².